The van der Waals surface area contributed by atoms with Gasteiger partial charge in [0.15, 0.2) is 0 Å². The average Bonchev–Trinajstić information content (AvgIpc) is 3.41. The van der Waals surface area contributed by atoms with Crippen molar-refractivity contribution in [1.82, 2.24) is 0 Å². The van der Waals surface area contributed by atoms with E-state index in [4.69, 9.17) is 0 Å². The number of hydrogen-bond acceptors (Lipinski definition) is 2. The topological polar surface area (TPSA) is 3.24 Å². The molecule has 0 N–H and O–H groups in total. The van der Waals surface area contributed by atoms with Gasteiger partial charge in [0.25, 0.3) is 0 Å². The minimum atomic E-state index is 1.15. The highest BCUT2D eigenvalue weighted by atomic mass is 32.1. The van der Waals surface area contributed by atoms with E-state index >= 15 is 0 Å². The predicted octanol–water partition coefficient (Wildman–Crippen LogP) is 12.1. The normalized spacial score (nSPS) is 11.8. The van der Waals surface area contributed by atoms with Crippen molar-refractivity contribution in [3.8, 4) is 0 Å². The number of nitrogens with zero attached hydrogens (tertiary/aromatic N) is 1. The molecule has 2 heteroatoms. The summed E-state index contributed by atoms with van der Waals surface area (Å²) in [6.45, 7) is 0. The van der Waals surface area contributed by atoms with Gasteiger partial charge >= 0.3 is 0 Å². The first-order valence-electron chi connectivity index (χ1n) is 14.4. The lowest BCUT2D eigenvalue weighted by Crippen LogP contribution is -2.11. The van der Waals surface area contributed by atoms with Crippen LogP contribution in [0.25, 0.3) is 63.3 Å². The van der Waals surface area contributed by atoms with E-state index in [1.807, 2.05) is 11.3 Å². The van der Waals surface area contributed by atoms with Crippen LogP contribution < -0.4 is 4.90 Å². The van der Waals surface area contributed by atoms with E-state index in [2.05, 4.69) is 157 Å². The molecule has 0 spiro atoms. The molecule has 0 aliphatic heterocycles. The molecule has 1 nitrogen and oxygen atoms in total. The van der Waals surface area contributed by atoms with Crippen LogP contribution in [-0.4, -0.2) is 0 Å². The second-order valence-corrected chi connectivity index (χ2v) is 12.0. The van der Waals surface area contributed by atoms with E-state index in [9.17, 15) is 0 Å². The maximum absolute atomic E-state index is 2.47. The van der Waals surface area contributed by atoms with Crippen LogP contribution in [0.2, 0.25) is 0 Å². The van der Waals surface area contributed by atoms with Crippen LogP contribution in [-0.2, 0) is 0 Å². The van der Waals surface area contributed by atoms with E-state index in [1.54, 1.807) is 0 Å². The molecule has 0 unspecified atom stereocenters. The summed E-state index contributed by atoms with van der Waals surface area (Å²) in [7, 11) is 0. The van der Waals surface area contributed by atoms with Crippen LogP contribution >= 0.6 is 11.3 Å². The summed E-state index contributed by atoms with van der Waals surface area (Å²) in [5.41, 5.74) is 3.53. The van der Waals surface area contributed by atoms with Gasteiger partial charge in [0.2, 0.25) is 0 Å². The van der Waals surface area contributed by atoms with Gasteiger partial charge in [-0.3, -0.25) is 0 Å². The summed E-state index contributed by atoms with van der Waals surface area (Å²) < 4.78 is 2.63. The molecular formula is C40H25NS. The molecule has 9 rings (SSSR count). The molecule has 1 aromatic heterocycles. The number of thiophene rings is 1. The summed E-state index contributed by atoms with van der Waals surface area (Å²) in [5.74, 6) is 0. The highest BCUT2D eigenvalue weighted by molar-refractivity contribution is 7.26. The fourth-order valence-electron chi connectivity index (χ4n) is 6.70. The molecule has 0 aliphatic rings. The van der Waals surface area contributed by atoms with Gasteiger partial charge in [-0.2, -0.15) is 0 Å². The number of anilines is 3. The zero-order valence-electron chi connectivity index (χ0n) is 22.8. The Balaban J connectivity index is 1.43. The Morgan fingerprint density at radius 2 is 0.905 bits per heavy atom. The van der Waals surface area contributed by atoms with Gasteiger partial charge in [-0.05, 0) is 68.7 Å². The Kier molecular flexibility index (Phi) is 5.13. The molecule has 0 saturated heterocycles. The van der Waals surface area contributed by atoms with Crippen molar-refractivity contribution in [2.75, 3.05) is 4.90 Å². The monoisotopic (exact) mass is 551 g/mol. The lowest BCUT2D eigenvalue weighted by atomic mass is 9.97. The van der Waals surface area contributed by atoms with E-state index < -0.39 is 0 Å². The molecule has 0 amide bonds. The first kappa shape index (κ1) is 23.5. The fraction of sp³-hybridized carbons (Fsp3) is 0. The number of rotatable bonds is 3. The summed E-state index contributed by atoms with van der Waals surface area (Å²) in [4.78, 5) is 2.47. The van der Waals surface area contributed by atoms with Crippen LogP contribution in [0.3, 0.4) is 0 Å². The van der Waals surface area contributed by atoms with E-state index in [1.165, 1.54) is 74.6 Å². The molecule has 0 bridgehead atoms. The summed E-state index contributed by atoms with van der Waals surface area (Å²) in [6.07, 6.45) is 0. The van der Waals surface area contributed by atoms with E-state index in [0.717, 1.165) is 5.69 Å². The van der Waals surface area contributed by atoms with Crippen LogP contribution in [0.1, 0.15) is 0 Å². The Bertz CT molecular complexity index is 2470. The Morgan fingerprint density at radius 1 is 0.357 bits per heavy atom. The summed E-state index contributed by atoms with van der Waals surface area (Å²) in [6, 6.07) is 55.5. The molecule has 196 valence electrons. The summed E-state index contributed by atoms with van der Waals surface area (Å²) >= 11 is 1.89. The van der Waals surface area contributed by atoms with Crippen LogP contribution in [0.5, 0.6) is 0 Å². The number of hydrogen-bond donors (Lipinski definition) is 0. The fourth-order valence-corrected chi connectivity index (χ4v) is 7.88. The van der Waals surface area contributed by atoms with Crippen molar-refractivity contribution >= 4 is 91.7 Å². The van der Waals surface area contributed by atoms with Crippen molar-refractivity contribution in [2.45, 2.75) is 0 Å². The van der Waals surface area contributed by atoms with Gasteiger partial charge in [0.1, 0.15) is 0 Å². The molecule has 0 saturated carbocycles. The number of para-hydroxylation sites is 1. The Hall–Kier alpha value is -5.18. The zero-order valence-corrected chi connectivity index (χ0v) is 23.6. The van der Waals surface area contributed by atoms with Crippen molar-refractivity contribution in [2.24, 2.45) is 0 Å². The third-order valence-corrected chi connectivity index (χ3v) is 9.67. The van der Waals surface area contributed by atoms with Crippen molar-refractivity contribution < 1.29 is 0 Å². The smallest absolute Gasteiger partial charge is 0.0554 e. The standard InChI is InChI=1S/C40H25NS/c1-2-15-29(16-3-1)41(36-23-28-14-6-7-17-30(28)31-18-8-9-19-32(31)36)37-25-39-40(34-21-11-10-20-33(34)37)35-22-26-12-4-5-13-27(26)24-38(35)42-39/h1-25H. The molecule has 42 heavy (non-hydrogen) atoms. The van der Waals surface area contributed by atoms with Crippen molar-refractivity contribution in [3.63, 3.8) is 0 Å². The highest BCUT2D eigenvalue weighted by Gasteiger charge is 2.21. The quantitative estimate of drug-likeness (QED) is 0.197. The molecular weight excluding hydrogens is 527 g/mol. The molecule has 0 radical (unpaired) electrons. The van der Waals surface area contributed by atoms with Crippen LogP contribution in [0, 0.1) is 0 Å². The van der Waals surface area contributed by atoms with Crippen molar-refractivity contribution in [3.05, 3.63) is 152 Å². The van der Waals surface area contributed by atoms with Crippen molar-refractivity contribution in [1.29, 1.82) is 0 Å². The molecule has 0 fully saturated rings. The molecule has 0 aliphatic carbocycles. The molecule has 1 heterocycles. The van der Waals surface area contributed by atoms with Crippen LogP contribution in [0.4, 0.5) is 17.1 Å². The van der Waals surface area contributed by atoms with E-state index in [-0.39, 0.29) is 0 Å². The maximum Gasteiger partial charge on any atom is 0.0554 e. The second-order valence-electron chi connectivity index (χ2n) is 10.9. The van der Waals surface area contributed by atoms with Gasteiger partial charge in [-0.15, -0.1) is 11.3 Å². The predicted molar refractivity (Wildman–Crippen MR) is 184 cm³/mol. The minimum Gasteiger partial charge on any atom is -0.309 e. The lowest BCUT2D eigenvalue weighted by molar-refractivity contribution is 1.32. The largest absolute Gasteiger partial charge is 0.309 e. The second kappa shape index (κ2) is 9.17. The van der Waals surface area contributed by atoms with E-state index in [0.29, 0.717) is 0 Å². The third-order valence-electron chi connectivity index (χ3n) is 8.57. The maximum atomic E-state index is 2.47. The lowest BCUT2D eigenvalue weighted by Gasteiger charge is -2.29. The average molecular weight is 552 g/mol. The molecule has 0 atom stereocenters. The van der Waals surface area contributed by atoms with Crippen LogP contribution in [0.15, 0.2) is 152 Å². The van der Waals surface area contributed by atoms with Gasteiger partial charge < -0.3 is 4.90 Å². The van der Waals surface area contributed by atoms with Gasteiger partial charge in [-0.1, -0.05) is 115 Å². The zero-order chi connectivity index (χ0) is 27.6. The van der Waals surface area contributed by atoms with Gasteiger partial charge in [0.05, 0.1) is 11.4 Å². The minimum absolute atomic E-state index is 1.15. The Labute approximate surface area is 247 Å². The number of benzene rings is 8. The summed E-state index contributed by atoms with van der Waals surface area (Å²) in [5, 5.41) is 12.8. The van der Waals surface area contributed by atoms with Gasteiger partial charge in [-0.25, -0.2) is 0 Å². The molecule has 8 aromatic carbocycles. The SMILES string of the molecule is c1ccc(N(c2cc3ccccc3c3ccccc23)c2cc3sc4cc5ccccc5cc4c3c3ccccc23)cc1. The molecule has 9 aromatic rings. The highest BCUT2D eigenvalue weighted by Crippen LogP contribution is 2.48. The van der Waals surface area contributed by atoms with Gasteiger partial charge in [0, 0.05) is 36.6 Å². The first-order valence-corrected chi connectivity index (χ1v) is 15.2. The number of fused-ring (bicyclic) bond motifs is 9. The Morgan fingerprint density at radius 3 is 1.67 bits per heavy atom. The first-order chi connectivity index (χ1) is 20.8. The third kappa shape index (κ3) is 3.49.